The highest BCUT2D eigenvalue weighted by molar-refractivity contribution is 5.42. The van der Waals surface area contributed by atoms with Crippen molar-refractivity contribution in [2.24, 2.45) is 5.73 Å². The van der Waals surface area contributed by atoms with E-state index in [-0.39, 0.29) is 11.5 Å². The summed E-state index contributed by atoms with van der Waals surface area (Å²) >= 11 is 0. The molecule has 1 aromatic rings. The Morgan fingerprint density at radius 3 is 2.22 bits per heavy atom. The number of halogens is 5. The number of alkyl halides is 5. The lowest BCUT2D eigenvalue weighted by Crippen LogP contribution is -2.45. The third-order valence-corrected chi connectivity index (χ3v) is 2.32. The highest BCUT2D eigenvalue weighted by Crippen LogP contribution is 2.45. The lowest BCUT2D eigenvalue weighted by Gasteiger charge is -2.26. The Balaban J connectivity index is 3.23. The molecule has 0 heterocycles. The van der Waals surface area contributed by atoms with Gasteiger partial charge in [0.1, 0.15) is 17.5 Å². The third-order valence-electron chi connectivity index (χ3n) is 2.32. The van der Waals surface area contributed by atoms with Gasteiger partial charge in [-0.3, -0.25) is 0 Å². The largest absolute Gasteiger partial charge is 0.508 e. The van der Waals surface area contributed by atoms with Gasteiger partial charge in [-0.1, -0.05) is 0 Å². The second-order valence-corrected chi connectivity index (χ2v) is 3.52. The van der Waals surface area contributed by atoms with Gasteiger partial charge >= 0.3 is 12.1 Å². The van der Waals surface area contributed by atoms with E-state index in [1.165, 1.54) is 0 Å². The van der Waals surface area contributed by atoms with Gasteiger partial charge in [0.2, 0.25) is 0 Å². The van der Waals surface area contributed by atoms with Gasteiger partial charge in [0.25, 0.3) is 0 Å². The quantitative estimate of drug-likeness (QED) is 0.831. The van der Waals surface area contributed by atoms with E-state index in [4.69, 9.17) is 10.8 Å². The first-order valence-corrected chi connectivity index (χ1v) is 4.68. The number of nitrogens with two attached hydrogens (primary N) is 1. The van der Waals surface area contributed by atoms with Crippen LogP contribution in [0.2, 0.25) is 0 Å². The molecule has 102 valence electrons. The van der Waals surface area contributed by atoms with E-state index in [1.807, 2.05) is 0 Å². The van der Waals surface area contributed by atoms with E-state index in [0.29, 0.717) is 0 Å². The minimum Gasteiger partial charge on any atom is -0.508 e. The smallest absolute Gasteiger partial charge is 0.455 e. The highest BCUT2D eigenvalue weighted by Gasteiger charge is 2.62. The topological polar surface area (TPSA) is 55.5 Å². The molecule has 0 saturated heterocycles. The summed E-state index contributed by atoms with van der Waals surface area (Å²) in [6, 6.07) is 0.0951. The fraction of sp³-hybridized carbons (Fsp3) is 0.400. The third kappa shape index (κ3) is 2.47. The van der Waals surface area contributed by atoms with Crippen LogP contribution in [0.25, 0.3) is 0 Å². The van der Waals surface area contributed by atoms with E-state index in [2.05, 4.69) is 4.74 Å². The molecule has 8 heteroatoms. The number of aromatic hydroxyl groups is 1. The Morgan fingerprint density at radius 2 is 1.78 bits per heavy atom. The zero-order chi connectivity index (χ0) is 14.1. The molecule has 0 aliphatic carbocycles. The van der Waals surface area contributed by atoms with Crippen LogP contribution in [0, 0.1) is 0 Å². The molecule has 1 rings (SSSR count). The molecule has 0 aliphatic heterocycles. The Bertz CT molecular complexity index is 433. The first-order valence-electron chi connectivity index (χ1n) is 4.68. The van der Waals surface area contributed by atoms with Gasteiger partial charge in [-0.15, -0.1) is 0 Å². The second kappa shape index (κ2) is 4.60. The Morgan fingerprint density at radius 1 is 1.22 bits per heavy atom. The molecule has 0 bridgehead atoms. The van der Waals surface area contributed by atoms with Crippen LogP contribution in [0.15, 0.2) is 18.2 Å². The summed E-state index contributed by atoms with van der Waals surface area (Å²) in [5, 5.41) is 9.08. The van der Waals surface area contributed by atoms with Crippen molar-refractivity contribution in [1.29, 1.82) is 0 Å². The molecule has 0 saturated carbocycles. The monoisotopic (exact) mass is 271 g/mol. The molecular weight excluding hydrogens is 261 g/mol. The van der Waals surface area contributed by atoms with E-state index in [0.717, 1.165) is 25.3 Å². The molecule has 3 nitrogen and oxygen atoms in total. The van der Waals surface area contributed by atoms with Crippen molar-refractivity contribution in [3.63, 3.8) is 0 Å². The van der Waals surface area contributed by atoms with Gasteiger partial charge in [0.05, 0.1) is 7.11 Å². The average molecular weight is 271 g/mol. The minimum atomic E-state index is -5.77. The molecule has 0 radical (unpaired) electrons. The Kier molecular flexibility index (Phi) is 3.70. The minimum absolute atomic E-state index is 0.335. The second-order valence-electron chi connectivity index (χ2n) is 3.52. The molecule has 1 aromatic carbocycles. The van der Waals surface area contributed by atoms with Gasteiger partial charge in [0, 0.05) is 11.6 Å². The Labute approximate surface area is 99.0 Å². The molecule has 0 amide bonds. The molecule has 3 N–H and O–H groups in total. The maximum absolute atomic E-state index is 13.1. The maximum atomic E-state index is 13.1. The molecule has 1 atom stereocenters. The zero-order valence-corrected chi connectivity index (χ0v) is 9.13. The van der Waals surface area contributed by atoms with Crippen LogP contribution >= 0.6 is 0 Å². The number of methoxy groups -OCH3 is 1. The SMILES string of the molecule is COc1cc(O)ccc1[C@@H](N)C(F)(F)C(F)(F)F. The molecule has 18 heavy (non-hydrogen) atoms. The zero-order valence-electron chi connectivity index (χ0n) is 9.13. The van der Waals surface area contributed by atoms with Crippen LogP contribution in [0.3, 0.4) is 0 Å². The van der Waals surface area contributed by atoms with Gasteiger partial charge in [0.15, 0.2) is 0 Å². The summed E-state index contributed by atoms with van der Waals surface area (Å²) in [7, 11) is 1.07. The highest BCUT2D eigenvalue weighted by atomic mass is 19.4. The maximum Gasteiger partial charge on any atom is 0.455 e. The summed E-state index contributed by atoms with van der Waals surface area (Å²) in [6.07, 6.45) is -5.77. The number of phenols is 1. The number of rotatable bonds is 3. The summed E-state index contributed by atoms with van der Waals surface area (Å²) in [6.45, 7) is 0. The van der Waals surface area contributed by atoms with Crippen molar-refractivity contribution in [2.45, 2.75) is 18.1 Å². The van der Waals surface area contributed by atoms with Crippen LogP contribution in [0.5, 0.6) is 11.5 Å². The van der Waals surface area contributed by atoms with Crippen molar-refractivity contribution in [2.75, 3.05) is 7.11 Å². The molecule has 0 spiro atoms. The van der Waals surface area contributed by atoms with Crippen molar-refractivity contribution in [3.05, 3.63) is 23.8 Å². The van der Waals surface area contributed by atoms with E-state index in [1.54, 1.807) is 0 Å². The predicted octanol–water partition coefficient (Wildman–Crippen LogP) is 2.60. The Hall–Kier alpha value is -1.57. The molecule has 0 unspecified atom stereocenters. The van der Waals surface area contributed by atoms with E-state index < -0.39 is 23.7 Å². The van der Waals surface area contributed by atoms with Crippen molar-refractivity contribution >= 4 is 0 Å². The number of hydrogen-bond acceptors (Lipinski definition) is 3. The number of benzene rings is 1. The first kappa shape index (κ1) is 14.5. The summed E-state index contributed by atoms with van der Waals surface area (Å²) in [5.41, 5.74) is 4.41. The lowest BCUT2D eigenvalue weighted by molar-refractivity contribution is -0.291. The number of phenolic OH excluding ortho intramolecular Hbond substituents is 1. The predicted molar refractivity (Wildman–Crippen MR) is 52.6 cm³/mol. The number of hydrogen-bond donors (Lipinski definition) is 2. The molecule has 0 aromatic heterocycles. The van der Waals surface area contributed by atoms with E-state index >= 15 is 0 Å². The molecular formula is C10H10F5NO2. The van der Waals surface area contributed by atoms with Crippen molar-refractivity contribution in [3.8, 4) is 11.5 Å². The van der Waals surface area contributed by atoms with Gasteiger partial charge in [-0.25, -0.2) is 0 Å². The standard InChI is InChI=1S/C10H10F5NO2/c1-18-7-4-5(17)2-3-6(7)8(16)9(11,12)10(13,14)15/h2-4,8,17H,16H2,1H3/t8-/m1/s1. The fourth-order valence-electron chi connectivity index (χ4n) is 1.33. The van der Waals surface area contributed by atoms with Crippen LogP contribution in [0.4, 0.5) is 22.0 Å². The van der Waals surface area contributed by atoms with Gasteiger partial charge in [-0.05, 0) is 12.1 Å². The van der Waals surface area contributed by atoms with Crippen molar-refractivity contribution < 1.29 is 31.8 Å². The van der Waals surface area contributed by atoms with Crippen molar-refractivity contribution in [1.82, 2.24) is 0 Å². The van der Waals surface area contributed by atoms with Crippen LogP contribution < -0.4 is 10.5 Å². The first-order chi connectivity index (χ1) is 8.11. The van der Waals surface area contributed by atoms with Gasteiger partial charge in [-0.2, -0.15) is 22.0 Å². The summed E-state index contributed by atoms with van der Waals surface area (Å²) in [4.78, 5) is 0. The molecule has 0 aliphatic rings. The van der Waals surface area contributed by atoms with Crippen LogP contribution in [-0.4, -0.2) is 24.3 Å². The van der Waals surface area contributed by atoms with Gasteiger partial charge < -0.3 is 15.6 Å². The number of ether oxygens (including phenoxy) is 1. The normalized spacial score (nSPS) is 14.4. The van der Waals surface area contributed by atoms with E-state index in [9.17, 15) is 22.0 Å². The summed E-state index contributed by atoms with van der Waals surface area (Å²) < 4.78 is 67.2. The lowest BCUT2D eigenvalue weighted by atomic mass is 10.00. The van der Waals surface area contributed by atoms with Crippen LogP contribution in [0.1, 0.15) is 11.6 Å². The van der Waals surface area contributed by atoms with Crippen LogP contribution in [-0.2, 0) is 0 Å². The molecule has 0 fully saturated rings. The summed E-state index contributed by atoms with van der Waals surface area (Å²) in [5.74, 6) is -5.78. The average Bonchev–Trinajstić information content (AvgIpc) is 2.26. The fourth-order valence-corrected chi connectivity index (χ4v) is 1.33.